The first kappa shape index (κ1) is 15.8. The van der Waals surface area contributed by atoms with Crippen LogP contribution in [0.2, 0.25) is 0 Å². The van der Waals surface area contributed by atoms with Gasteiger partial charge in [-0.15, -0.1) is 11.3 Å². The van der Waals surface area contributed by atoms with E-state index in [0.717, 1.165) is 22.2 Å². The lowest BCUT2D eigenvalue weighted by atomic mass is 10.2. The zero-order chi connectivity index (χ0) is 16.3. The summed E-state index contributed by atoms with van der Waals surface area (Å²) in [5, 5.41) is 1.95. The molecule has 23 heavy (non-hydrogen) atoms. The molecule has 1 N–H and O–H groups in total. The third-order valence-corrected chi connectivity index (χ3v) is 5.52. The van der Waals surface area contributed by atoms with E-state index in [1.54, 1.807) is 23.6 Å². The Hall–Kier alpha value is -2.09. The summed E-state index contributed by atoms with van der Waals surface area (Å²) in [6.07, 6.45) is 1.63. The summed E-state index contributed by atoms with van der Waals surface area (Å²) in [7, 11) is -3.90. The number of hydrogen-bond acceptors (Lipinski definition) is 4. The van der Waals surface area contributed by atoms with E-state index >= 15 is 0 Å². The highest BCUT2D eigenvalue weighted by atomic mass is 32.2. The molecule has 0 bridgehead atoms. The van der Waals surface area contributed by atoms with Crippen molar-refractivity contribution in [3.8, 4) is 10.6 Å². The van der Waals surface area contributed by atoms with Crippen molar-refractivity contribution in [3.63, 3.8) is 0 Å². The Bertz CT molecular complexity index is 909. The van der Waals surface area contributed by atoms with Crippen LogP contribution in [0.15, 0.2) is 65.0 Å². The minimum atomic E-state index is -3.90. The fraction of sp³-hybridized carbons (Fsp3) is 0.0625. The molecule has 0 saturated heterocycles. The summed E-state index contributed by atoms with van der Waals surface area (Å²) in [6, 6.07) is 12.7. The molecule has 3 rings (SSSR count). The fourth-order valence-electron chi connectivity index (χ4n) is 2.06. The van der Waals surface area contributed by atoms with Gasteiger partial charge in [-0.3, -0.25) is 4.98 Å². The molecule has 0 radical (unpaired) electrons. The van der Waals surface area contributed by atoms with Crippen LogP contribution in [0, 0.1) is 5.82 Å². The highest BCUT2D eigenvalue weighted by molar-refractivity contribution is 7.89. The number of hydrogen-bond donors (Lipinski definition) is 1. The molecule has 0 saturated carbocycles. The molecular formula is C16H13FN2O2S2. The Morgan fingerprint density at radius 1 is 1.13 bits per heavy atom. The van der Waals surface area contributed by atoms with Gasteiger partial charge in [-0.2, -0.15) is 0 Å². The molecule has 0 atom stereocenters. The molecule has 2 aromatic heterocycles. The van der Waals surface area contributed by atoms with Crippen LogP contribution in [0.1, 0.15) is 5.56 Å². The van der Waals surface area contributed by atoms with E-state index in [0.29, 0.717) is 0 Å². The van der Waals surface area contributed by atoms with Crippen LogP contribution < -0.4 is 4.72 Å². The van der Waals surface area contributed by atoms with Gasteiger partial charge in [-0.25, -0.2) is 17.5 Å². The number of pyridine rings is 1. The largest absolute Gasteiger partial charge is 0.255 e. The molecule has 0 aliphatic carbocycles. The maximum absolute atomic E-state index is 13.6. The second kappa shape index (κ2) is 6.57. The van der Waals surface area contributed by atoms with Crippen molar-refractivity contribution in [2.75, 3.05) is 0 Å². The van der Waals surface area contributed by atoms with Crippen LogP contribution in [0.5, 0.6) is 0 Å². The topological polar surface area (TPSA) is 59.1 Å². The number of benzene rings is 1. The molecule has 0 spiro atoms. The lowest BCUT2D eigenvalue weighted by molar-refractivity contribution is 0.557. The van der Waals surface area contributed by atoms with Gasteiger partial charge < -0.3 is 0 Å². The van der Waals surface area contributed by atoms with Gasteiger partial charge in [-0.1, -0.05) is 18.2 Å². The first-order chi connectivity index (χ1) is 11.1. The van der Waals surface area contributed by atoms with Crippen molar-refractivity contribution in [1.29, 1.82) is 0 Å². The summed E-state index contributed by atoms with van der Waals surface area (Å²) in [6.45, 7) is 0.0670. The summed E-state index contributed by atoms with van der Waals surface area (Å²) >= 11 is 1.56. The van der Waals surface area contributed by atoms with Crippen LogP contribution in [-0.2, 0) is 16.6 Å². The van der Waals surface area contributed by atoms with Gasteiger partial charge in [0.1, 0.15) is 10.7 Å². The fourth-order valence-corrected chi connectivity index (χ4v) is 3.85. The van der Waals surface area contributed by atoms with Crippen molar-refractivity contribution in [2.45, 2.75) is 11.4 Å². The standard InChI is InChI=1S/C16H13FN2O2S2/c17-13-4-1-2-6-16(13)23(20,21)19-11-12-7-8-18-14(10-12)15-5-3-9-22-15/h1-10,19H,11H2. The number of aromatic nitrogens is 1. The van der Waals surface area contributed by atoms with Crippen molar-refractivity contribution in [2.24, 2.45) is 0 Å². The van der Waals surface area contributed by atoms with Gasteiger partial charge in [0, 0.05) is 12.7 Å². The molecule has 3 aromatic rings. The predicted octanol–water partition coefficient (Wildman–Crippen LogP) is 3.43. The summed E-state index contributed by atoms with van der Waals surface area (Å²) in [5.41, 5.74) is 1.53. The zero-order valence-electron chi connectivity index (χ0n) is 11.9. The normalized spacial score (nSPS) is 11.5. The average Bonchev–Trinajstić information content (AvgIpc) is 3.08. The van der Waals surface area contributed by atoms with Gasteiger partial charge in [0.2, 0.25) is 10.0 Å². The second-order valence-electron chi connectivity index (χ2n) is 4.78. The summed E-state index contributed by atoms with van der Waals surface area (Å²) in [5.74, 6) is -0.769. The van der Waals surface area contributed by atoms with Crippen molar-refractivity contribution in [3.05, 3.63) is 71.5 Å². The van der Waals surface area contributed by atoms with Gasteiger partial charge in [0.25, 0.3) is 0 Å². The minimum Gasteiger partial charge on any atom is -0.255 e. The smallest absolute Gasteiger partial charge is 0.243 e. The zero-order valence-corrected chi connectivity index (χ0v) is 13.6. The number of sulfonamides is 1. The molecule has 2 heterocycles. The molecule has 118 valence electrons. The molecule has 0 unspecified atom stereocenters. The lowest BCUT2D eigenvalue weighted by Crippen LogP contribution is -2.24. The number of nitrogens with zero attached hydrogens (tertiary/aromatic N) is 1. The van der Waals surface area contributed by atoms with Crippen LogP contribution in [-0.4, -0.2) is 13.4 Å². The van der Waals surface area contributed by atoms with Gasteiger partial charge in [-0.05, 0) is 41.3 Å². The SMILES string of the molecule is O=S(=O)(NCc1ccnc(-c2cccs2)c1)c1ccccc1F. The molecule has 0 amide bonds. The predicted molar refractivity (Wildman–Crippen MR) is 88.0 cm³/mol. The van der Waals surface area contributed by atoms with Gasteiger partial charge in [0.15, 0.2) is 0 Å². The van der Waals surface area contributed by atoms with E-state index in [1.165, 1.54) is 18.2 Å². The molecule has 0 aliphatic heterocycles. The molecular weight excluding hydrogens is 335 g/mol. The van der Waals surface area contributed by atoms with Crippen LogP contribution >= 0.6 is 11.3 Å². The van der Waals surface area contributed by atoms with E-state index < -0.39 is 15.8 Å². The number of nitrogens with one attached hydrogen (secondary N) is 1. The van der Waals surface area contributed by atoms with E-state index in [-0.39, 0.29) is 11.4 Å². The van der Waals surface area contributed by atoms with E-state index in [1.807, 2.05) is 23.6 Å². The highest BCUT2D eigenvalue weighted by Gasteiger charge is 2.18. The highest BCUT2D eigenvalue weighted by Crippen LogP contribution is 2.23. The Balaban J connectivity index is 1.78. The minimum absolute atomic E-state index is 0.0670. The average molecular weight is 348 g/mol. The monoisotopic (exact) mass is 348 g/mol. The quantitative estimate of drug-likeness (QED) is 0.768. The molecule has 7 heteroatoms. The number of thiophene rings is 1. The van der Waals surface area contributed by atoms with Crippen LogP contribution in [0.3, 0.4) is 0 Å². The molecule has 1 aromatic carbocycles. The number of rotatable bonds is 5. The Morgan fingerprint density at radius 2 is 1.96 bits per heavy atom. The van der Waals surface area contributed by atoms with E-state index in [9.17, 15) is 12.8 Å². The van der Waals surface area contributed by atoms with Crippen molar-refractivity contribution < 1.29 is 12.8 Å². The Morgan fingerprint density at radius 3 is 2.70 bits per heavy atom. The van der Waals surface area contributed by atoms with E-state index in [2.05, 4.69) is 9.71 Å². The Labute approximate surface area is 137 Å². The van der Waals surface area contributed by atoms with Crippen molar-refractivity contribution >= 4 is 21.4 Å². The maximum atomic E-state index is 13.6. The molecule has 0 fully saturated rings. The molecule has 4 nitrogen and oxygen atoms in total. The third-order valence-electron chi connectivity index (χ3n) is 3.19. The summed E-state index contributed by atoms with van der Waals surface area (Å²) < 4.78 is 40.4. The van der Waals surface area contributed by atoms with Crippen LogP contribution in [0.25, 0.3) is 10.6 Å². The first-order valence-corrected chi connectivity index (χ1v) is 9.15. The van der Waals surface area contributed by atoms with Gasteiger partial charge in [0.05, 0.1) is 10.6 Å². The number of halogens is 1. The van der Waals surface area contributed by atoms with Crippen LogP contribution in [0.4, 0.5) is 4.39 Å². The first-order valence-electron chi connectivity index (χ1n) is 6.79. The summed E-state index contributed by atoms with van der Waals surface area (Å²) in [4.78, 5) is 4.92. The second-order valence-corrected chi connectivity index (χ2v) is 7.46. The van der Waals surface area contributed by atoms with E-state index in [4.69, 9.17) is 0 Å². The Kier molecular flexibility index (Phi) is 4.51. The maximum Gasteiger partial charge on any atom is 0.243 e. The lowest BCUT2D eigenvalue weighted by Gasteiger charge is -2.08. The third kappa shape index (κ3) is 3.64. The molecule has 0 aliphatic rings. The van der Waals surface area contributed by atoms with Crippen molar-refractivity contribution in [1.82, 2.24) is 9.71 Å². The van der Waals surface area contributed by atoms with Gasteiger partial charge >= 0.3 is 0 Å².